The van der Waals surface area contributed by atoms with Gasteiger partial charge in [0.15, 0.2) is 0 Å². The maximum Gasteiger partial charge on any atom is 0.268 e. The van der Waals surface area contributed by atoms with Gasteiger partial charge in [0.25, 0.3) is 5.91 Å². The molecular weight excluding hydrogens is 284 g/mol. The lowest BCUT2D eigenvalue weighted by molar-refractivity contribution is 0.0935. The molecule has 1 atom stereocenters. The first kappa shape index (κ1) is 13.7. The Morgan fingerprint density at radius 2 is 2.05 bits per heavy atom. The fourth-order valence-corrected chi connectivity index (χ4v) is 3.00. The third-order valence-electron chi connectivity index (χ3n) is 3.45. The lowest BCUT2D eigenvalue weighted by Gasteiger charge is -2.14. The summed E-state index contributed by atoms with van der Waals surface area (Å²) in [5, 5.41) is 5.00. The third kappa shape index (κ3) is 2.78. The van der Waals surface area contributed by atoms with Gasteiger partial charge in [-0.15, -0.1) is 11.3 Å². The number of aromatic nitrogens is 1. The van der Waals surface area contributed by atoms with E-state index in [1.807, 2.05) is 48.7 Å². The van der Waals surface area contributed by atoms with E-state index in [-0.39, 0.29) is 11.9 Å². The van der Waals surface area contributed by atoms with Crippen molar-refractivity contribution in [1.29, 1.82) is 0 Å². The van der Waals surface area contributed by atoms with Gasteiger partial charge in [0.05, 0.1) is 23.4 Å². The fraction of sp³-hybridized carbons (Fsp3) is 0.188. The second kappa shape index (κ2) is 5.61. The normalized spacial score (nSPS) is 12.3. The summed E-state index contributed by atoms with van der Waals surface area (Å²) in [5.74, 6) is 0.712. The minimum atomic E-state index is -0.0956. The second-order valence-electron chi connectivity index (χ2n) is 4.85. The van der Waals surface area contributed by atoms with Crippen LogP contribution in [0.2, 0.25) is 0 Å². The van der Waals surface area contributed by atoms with Crippen LogP contribution < -0.4 is 10.1 Å². The number of carbonyl (C=O) groups is 1. The van der Waals surface area contributed by atoms with Gasteiger partial charge >= 0.3 is 0 Å². The molecule has 5 heteroatoms. The number of carbonyl (C=O) groups excluding carboxylic acids is 1. The predicted octanol–water partition coefficient (Wildman–Crippen LogP) is 3.73. The largest absolute Gasteiger partial charge is 0.497 e. The van der Waals surface area contributed by atoms with Gasteiger partial charge in [-0.1, -0.05) is 12.1 Å². The Hall–Kier alpha value is -2.27. The van der Waals surface area contributed by atoms with Crippen molar-refractivity contribution >= 4 is 27.5 Å². The molecule has 108 valence electrons. The molecule has 2 aromatic heterocycles. The molecular formula is C16H16N2O2S. The maximum absolute atomic E-state index is 12.3. The summed E-state index contributed by atoms with van der Waals surface area (Å²) in [5.41, 5.74) is 2.64. The van der Waals surface area contributed by atoms with Crippen molar-refractivity contribution in [2.45, 2.75) is 13.0 Å². The highest BCUT2D eigenvalue weighted by Crippen LogP contribution is 2.22. The molecule has 0 saturated heterocycles. The van der Waals surface area contributed by atoms with Gasteiger partial charge in [-0.05, 0) is 42.1 Å². The third-order valence-corrected chi connectivity index (χ3v) is 4.31. The molecule has 2 heterocycles. The number of benzene rings is 1. The summed E-state index contributed by atoms with van der Waals surface area (Å²) in [4.78, 5) is 15.4. The number of H-pyrrole nitrogens is 1. The number of aromatic amines is 1. The highest BCUT2D eigenvalue weighted by molar-refractivity contribution is 7.17. The van der Waals surface area contributed by atoms with Crippen LogP contribution in [0.3, 0.4) is 0 Å². The molecule has 0 aliphatic rings. The van der Waals surface area contributed by atoms with E-state index in [2.05, 4.69) is 10.3 Å². The summed E-state index contributed by atoms with van der Waals surface area (Å²) in [6, 6.07) is 11.5. The number of amides is 1. The molecule has 3 rings (SSSR count). The Labute approximate surface area is 126 Å². The van der Waals surface area contributed by atoms with E-state index in [9.17, 15) is 4.79 Å². The second-order valence-corrected chi connectivity index (χ2v) is 5.80. The number of hydrogen-bond acceptors (Lipinski definition) is 3. The lowest BCUT2D eigenvalue weighted by atomic mass is 10.1. The van der Waals surface area contributed by atoms with E-state index < -0.39 is 0 Å². The molecule has 0 bridgehead atoms. The number of fused-ring (bicyclic) bond motifs is 1. The Balaban J connectivity index is 1.72. The van der Waals surface area contributed by atoms with Crippen molar-refractivity contribution in [3.63, 3.8) is 0 Å². The molecule has 4 nitrogen and oxygen atoms in total. The van der Waals surface area contributed by atoms with Gasteiger partial charge in [-0.2, -0.15) is 0 Å². The molecule has 3 aromatic rings. The van der Waals surface area contributed by atoms with Crippen LogP contribution in [0.25, 0.3) is 10.2 Å². The fourth-order valence-electron chi connectivity index (χ4n) is 2.22. The number of rotatable bonds is 4. The van der Waals surface area contributed by atoms with E-state index in [0.717, 1.165) is 21.5 Å². The number of methoxy groups -OCH3 is 1. The molecule has 21 heavy (non-hydrogen) atoms. The Morgan fingerprint density at radius 1 is 1.29 bits per heavy atom. The van der Waals surface area contributed by atoms with E-state index in [1.165, 1.54) is 0 Å². The van der Waals surface area contributed by atoms with Gasteiger partial charge in [0.1, 0.15) is 11.4 Å². The van der Waals surface area contributed by atoms with E-state index in [0.29, 0.717) is 5.69 Å². The number of thiophene rings is 1. The summed E-state index contributed by atoms with van der Waals surface area (Å²) >= 11 is 1.62. The van der Waals surface area contributed by atoms with Crippen molar-refractivity contribution in [3.8, 4) is 5.75 Å². The standard InChI is InChI=1S/C16H16N2O2S/c1-10(11-3-5-12(20-2)6-4-11)17-16(19)14-9-15-13(18-14)7-8-21-15/h3-10,18H,1-2H3,(H,17,19). The Bertz CT molecular complexity index is 730. The summed E-state index contributed by atoms with van der Waals surface area (Å²) < 4.78 is 6.23. The van der Waals surface area contributed by atoms with Crippen molar-refractivity contribution < 1.29 is 9.53 Å². The molecule has 1 amide bonds. The van der Waals surface area contributed by atoms with Crippen LogP contribution in [-0.4, -0.2) is 18.0 Å². The first-order chi connectivity index (χ1) is 10.2. The number of hydrogen-bond donors (Lipinski definition) is 2. The zero-order valence-corrected chi connectivity index (χ0v) is 12.7. The zero-order valence-electron chi connectivity index (χ0n) is 11.8. The molecule has 2 N–H and O–H groups in total. The molecule has 0 radical (unpaired) electrons. The maximum atomic E-state index is 12.3. The van der Waals surface area contributed by atoms with Crippen LogP contribution in [0.5, 0.6) is 5.75 Å². The van der Waals surface area contributed by atoms with Gasteiger partial charge in [0.2, 0.25) is 0 Å². The SMILES string of the molecule is COc1ccc(C(C)NC(=O)c2cc3sccc3[nH]2)cc1. The van der Waals surface area contributed by atoms with Crippen LogP contribution >= 0.6 is 11.3 Å². The first-order valence-electron chi connectivity index (χ1n) is 6.68. The van der Waals surface area contributed by atoms with Gasteiger partial charge in [-0.3, -0.25) is 4.79 Å². The van der Waals surface area contributed by atoms with Crippen molar-refractivity contribution in [2.24, 2.45) is 0 Å². The van der Waals surface area contributed by atoms with Crippen molar-refractivity contribution in [2.75, 3.05) is 7.11 Å². The van der Waals surface area contributed by atoms with Crippen molar-refractivity contribution in [1.82, 2.24) is 10.3 Å². The molecule has 1 unspecified atom stereocenters. The molecule has 0 aliphatic carbocycles. The monoisotopic (exact) mass is 300 g/mol. The average Bonchev–Trinajstić information content (AvgIpc) is 3.08. The molecule has 0 fully saturated rings. The van der Waals surface area contributed by atoms with Crippen LogP contribution in [0.4, 0.5) is 0 Å². The Morgan fingerprint density at radius 3 is 2.71 bits per heavy atom. The number of nitrogens with one attached hydrogen (secondary N) is 2. The average molecular weight is 300 g/mol. The van der Waals surface area contributed by atoms with E-state index in [4.69, 9.17) is 4.74 Å². The van der Waals surface area contributed by atoms with Gasteiger partial charge in [0, 0.05) is 0 Å². The summed E-state index contributed by atoms with van der Waals surface area (Å²) in [7, 11) is 1.64. The van der Waals surface area contributed by atoms with Crippen LogP contribution in [0.15, 0.2) is 41.8 Å². The van der Waals surface area contributed by atoms with Gasteiger partial charge < -0.3 is 15.0 Å². The van der Waals surface area contributed by atoms with E-state index in [1.54, 1.807) is 18.4 Å². The van der Waals surface area contributed by atoms with Crippen LogP contribution in [-0.2, 0) is 0 Å². The molecule has 0 aliphatic heterocycles. The lowest BCUT2D eigenvalue weighted by Crippen LogP contribution is -2.26. The van der Waals surface area contributed by atoms with Crippen LogP contribution in [0, 0.1) is 0 Å². The minimum absolute atomic E-state index is 0.0651. The molecule has 0 saturated carbocycles. The zero-order chi connectivity index (χ0) is 14.8. The highest BCUT2D eigenvalue weighted by Gasteiger charge is 2.14. The van der Waals surface area contributed by atoms with Crippen molar-refractivity contribution in [3.05, 3.63) is 53.0 Å². The van der Waals surface area contributed by atoms with Crippen LogP contribution in [0.1, 0.15) is 29.0 Å². The quantitative estimate of drug-likeness (QED) is 0.771. The van der Waals surface area contributed by atoms with Gasteiger partial charge in [-0.25, -0.2) is 0 Å². The Kier molecular flexibility index (Phi) is 3.66. The summed E-state index contributed by atoms with van der Waals surface area (Å²) in [6.45, 7) is 1.96. The highest BCUT2D eigenvalue weighted by atomic mass is 32.1. The van der Waals surface area contributed by atoms with E-state index >= 15 is 0 Å². The summed E-state index contributed by atoms with van der Waals surface area (Å²) in [6.07, 6.45) is 0. The topological polar surface area (TPSA) is 54.1 Å². The molecule has 0 spiro atoms. The first-order valence-corrected chi connectivity index (χ1v) is 7.56. The minimum Gasteiger partial charge on any atom is -0.497 e. The number of ether oxygens (including phenoxy) is 1. The smallest absolute Gasteiger partial charge is 0.268 e. The molecule has 1 aromatic carbocycles. The predicted molar refractivity (Wildman–Crippen MR) is 85.1 cm³/mol.